The fourth-order valence-electron chi connectivity index (χ4n) is 0.313. The Morgan fingerprint density at radius 2 is 1.82 bits per heavy atom. The largest absolute Gasteiger partial charge is 0.303 e. The lowest BCUT2D eigenvalue weighted by molar-refractivity contribution is -0.117. The molecule has 0 radical (unpaired) electrons. The van der Waals surface area contributed by atoms with E-state index in [-0.39, 0.29) is 5.91 Å². The molecule has 1 amide bonds. The SMILES string of the molecule is CC(=O)NS.c1ccncc1. The molecule has 1 aromatic heterocycles. The van der Waals surface area contributed by atoms with Crippen LogP contribution in [-0.2, 0) is 4.79 Å². The molecule has 0 aliphatic carbocycles. The normalized spacial score (nSPS) is 7.45. The highest BCUT2D eigenvalue weighted by atomic mass is 32.1. The van der Waals surface area contributed by atoms with Crippen LogP contribution in [0.5, 0.6) is 0 Å². The Morgan fingerprint density at radius 3 is 1.91 bits per heavy atom. The molecular formula is C7H10N2OS. The molecule has 0 atom stereocenters. The fraction of sp³-hybridized carbons (Fsp3) is 0.143. The van der Waals surface area contributed by atoms with Crippen molar-refractivity contribution >= 4 is 18.7 Å². The number of hydrogen-bond acceptors (Lipinski definition) is 3. The summed E-state index contributed by atoms with van der Waals surface area (Å²) in [5.74, 6) is -0.131. The molecule has 1 aromatic rings. The Morgan fingerprint density at radius 1 is 1.36 bits per heavy atom. The van der Waals surface area contributed by atoms with E-state index in [4.69, 9.17) is 0 Å². The highest BCUT2D eigenvalue weighted by Gasteiger charge is 1.73. The monoisotopic (exact) mass is 170 g/mol. The molecule has 0 spiro atoms. The van der Waals surface area contributed by atoms with Gasteiger partial charge >= 0.3 is 0 Å². The summed E-state index contributed by atoms with van der Waals surface area (Å²) in [6.45, 7) is 1.40. The zero-order chi connectivity index (χ0) is 8.53. The lowest BCUT2D eigenvalue weighted by atomic mass is 10.5. The van der Waals surface area contributed by atoms with Gasteiger partial charge in [-0.15, -0.1) is 0 Å². The van der Waals surface area contributed by atoms with E-state index in [1.807, 2.05) is 18.2 Å². The van der Waals surface area contributed by atoms with Crippen LogP contribution in [0.25, 0.3) is 0 Å². The number of nitrogens with zero attached hydrogens (tertiary/aromatic N) is 1. The topological polar surface area (TPSA) is 42.0 Å². The average molecular weight is 170 g/mol. The summed E-state index contributed by atoms with van der Waals surface area (Å²) < 4.78 is 2.08. The maximum Gasteiger partial charge on any atom is 0.226 e. The van der Waals surface area contributed by atoms with Gasteiger partial charge in [-0.05, 0) is 12.1 Å². The number of aromatic nitrogens is 1. The first-order valence-electron chi connectivity index (χ1n) is 3.03. The number of amides is 1. The Bertz CT molecular complexity index is 164. The molecule has 1 heterocycles. The summed E-state index contributed by atoms with van der Waals surface area (Å²) in [6.07, 6.45) is 3.50. The molecule has 1 N–H and O–H groups in total. The second kappa shape index (κ2) is 7.08. The van der Waals surface area contributed by atoms with Crippen molar-refractivity contribution in [3.63, 3.8) is 0 Å². The van der Waals surface area contributed by atoms with Gasteiger partial charge in [0.15, 0.2) is 0 Å². The van der Waals surface area contributed by atoms with Crippen LogP contribution >= 0.6 is 12.8 Å². The van der Waals surface area contributed by atoms with Crippen LogP contribution in [-0.4, -0.2) is 10.9 Å². The van der Waals surface area contributed by atoms with Gasteiger partial charge in [0.1, 0.15) is 0 Å². The van der Waals surface area contributed by atoms with Gasteiger partial charge in [0.25, 0.3) is 0 Å². The van der Waals surface area contributed by atoms with Crippen molar-refractivity contribution in [1.29, 1.82) is 0 Å². The summed E-state index contributed by atoms with van der Waals surface area (Å²) >= 11 is 3.42. The molecule has 0 aliphatic heterocycles. The third kappa shape index (κ3) is 8.97. The zero-order valence-corrected chi connectivity index (χ0v) is 7.08. The van der Waals surface area contributed by atoms with Gasteiger partial charge in [0, 0.05) is 19.3 Å². The zero-order valence-electron chi connectivity index (χ0n) is 6.19. The van der Waals surface area contributed by atoms with E-state index in [0.717, 1.165) is 0 Å². The minimum absolute atomic E-state index is 0.131. The molecule has 0 saturated carbocycles. The van der Waals surface area contributed by atoms with E-state index in [2.05, 4.69) is 22.5 Å². The van der Waals surface area contributed by atoms with E-state index in [0.29, 0.717) is 0 Å². The van der Waals surface area contributed by atoms with Crippen LogP contribution in [0, 0.1) is 0 Å². The lowest BCUT2D eigenvalue weighted by Crippen LogP contribution is -2.04. The van der Waals surface area contributed by atoms with Crippen LogP contribution in [0.4, 0.5) is 0 Å². The lowest BCUT2D eigenvalue weighted by Gasteiger charge is -1.78. The molecule has 4 heteroatoms. The predicted molar refractivity (Wildman–Crippen MR) is 47.0 cm³/mol. The number of pyridine rings is 1. The average Bonchev–Trinajstić information content (AvgIpc) is 2.09. The highest BCUT2D eigenvalue weighted by molar-refractivity contribution is 7.78. The standard InChI is InChI=1S/C5H5N.C2H5NOS/c1-2-4-6-5-3-1;1-2(4)3-5/h1-5H;5H,1H3,(H,3,4). The third-order valence-corrected chi connectivity index (χ3v) is 1.04. The minimum Gasteiger partial charge on any atom is -0.303 e. The van der Waals surface area contributed by atoms with Crippen LogP contribution < -0.4 is 4.72 Å². The number of nitrogens with one attached hydrogen (secondary N) is 1. The number of carbonyl (C=O) groups is 1. The predicted octanol–water partition coefficient (Wildman–Crippen LogP) is 1.05. The first-order chi connectivity index (χ1) is 5.27. The van der Waals surface area contributed by atoms with Gasteiger partial charge in [0.2, 0.25) is 5.91 Å². The van der Waals surface area contributed by atoms with Gasteiger partial charge in [-0.25, -0.2) is 0 Å². The summed E-state index contributed by atoms with van der Waals surface area (Å²) in [6, 6.07) is 5.72. The maximum absolute atomic E-state index is 9.62. The van der Waals surface area contributed by atoms with E-state index in [1.54, 1.807) is 12.4 Å². The molecule has 0 bridgehead atoms. The van der Waals surface area contributed by atoms with Crippen LogP contribution in [0.15, 0.2) is 30.6 Å². The van der Waals surface area contributed by atoms with E-state index in [9.17, 15) is 4.79 Å². The molecule has 0 aliphatic rings. The van der Waals surface area contributed by atoms with E-state index >= 15 is 0 Å². The first-order valence-corrected chi connectivity index (χ1v) is 3.47. The molecule has 3 nitrogen and oxygen atoms in total. The third-order valence-electron chi connectivity index (χ3n) is 0.724. The maximum atomic E-state index is 9.62. The minimum atomic E-state index is -0.131. The van der Waals surface area contributed by atoms with Gasteiger partial charge in [0.05, 0.1) is 0 Å². The van der Waals surface area contributed by atoms with Crippen LogP contribution in [0.1, 0.15) is 6.92 Å². The Kier molecular flexibility index (Phi) is 6.42. The van der Waals surface area contributed by atoms with Crippen molar-refractivity contribution in [2.75, 3.05) is 0 Å². The van der Waals surface area contributed by atoms with E-state index < -0.39 is 0 Å². The van der Waals surface area contributed by atoms with Crippen molar-refractivity contribution in [3.8, 4) is 0 Å². The Labute approximate surface area is 71.4 Å². The summed E-state index contributed by atoms with van der Waals surface area (Å²) in [4.78, 5) is 13.4. The number of thiol groups is 1. The molecule has 11 heavy (non-hydrogen) atoms. The summed E-state index contributed by atoms with van der Waals surface area (Å²) in [7, 11) is 0. The first kappa shape index (κ1) is 9.97. The molecule has 0 saturated heterocycles. The van der Waals surface area contributed by atoms with Gasteiger partial charge in [-0.3, -0.25) is 9.78 Å². The Balaban J connectivity index is 0.000000187. The van der Waals surface area contributed by atoms with Crippen molar-refractivity contribution in [3.05, 3.63) is 30.6 Å². The Hall–Kier alpha value is -1.03. The van der Waals surface area contributed by atoms with Gasteiger partial charge in [-0.2, -0.15) is 0 Å². The molecule has 0 aromatic carbocycles. The van der Waals surface area contributed by atoms with Crippen molar-refractivity contribution < 1.29 is 4.79 Å². The summed E-state index contributed by atoms with van der Waals surface area (Å²) in [5.41, 5.74) is 0. The highest BCUT2D eigenvalue weighted by Crippen LogP contribution is 1.73. The second-order valence-electron chi connectivity index (χ2n) is 1.69. The number of hydrogen-bond donors (Lipinski definition) is 2. The second-order valence-corrected chi connectivity index (χ2v) is 1.92. The summed E-state index contributed by atoms with van der Waals surface area (Å²) in [5, 5.41) is 0. The molecule has 0 unspecified atom stereocenters. The molecule has 1 rings (SSSR count). The molecular weight excluding hydrogens is 160 g/mol. The molecule has 0 fully saturated rings. The van der Waals surface area contributed by atoms with E-state index in [1.165, 1.54) is 6.92 Å². The van der Waals surface area contributed by atoms with Crippen LogP contribution in [0.2, 0.25) is 0 Å². The van der Waals surface area contributed by atoms with Crippen molar-refractivity contribution in [1.82, 2.24) is 9.71 Å². The van der Waals surface area contributed by atoms with Gasteiger partial charge in [-0.1, -0.05) is 18.9 Å². The molecule has 60 valence electrons. The van der Waals surface area contributed by atoms with Gasteiger partial charge < -0.3 is 4.72 Å². The fourth-order valence-corrected chi connectivity index (χ4v) is 0.313. The van der Waals surface area contributed by atoms with Crippen molar-refractivity contribution in [2.24, 2.45) is 0 Å². The number of carbonyl (C=O) groups excluding carboxylic acids is 1. The quantitative estimate of drug-likeness (QED) is 0.571. The van der Waals surface area contributed by atoms with Crippen molar-refractivity contribution in [2.45, 2.75) is 6.92 Å². The number of rotatable bonds is 0. The smallest absolute Gasteiger partial charge is 0.226 e. The van der Waals surface area contributed by atoms with Crippen LogP contribution in [0.3, 0.4) is 0 Å².